The molecule has 1 saturated carbocycles. The molecule has 6 nitrogen and oxygen atoms in total. The minimum atomic E-state index is -1.64. The summed E-state index contributed by atoms with van der Waals surface area (Å²) in [5.41, 5.74) is 1.46. The van der Waals surface area contributed by atoms with Crippen LogP contribution in [-0.4, -0.2) is 58.4 Å². The second kappa shape index (κ2) is 11.4. The molecule has 3 atom stereocenters. The lowest BCUT2D eigenvalue weighted by Gasteiger charge is -2.46. The fraction of sp³-hybridized carbons (Fsp3) is 0.462. The molecule has 0 spiro atoms. The Labute approximate surface area is 219 Å². The van der Waals surface area contributed by atoms with Crippen LogP contribution in [0.4, 0.5) is 5.69 Å². The molecule has 1 aliphatic carbocycles. The summed E-state index contributed by atoms with van der Waals surface area (Å²) in [6.45, 7) is 5.35. The molecule has 35 heavy (non-hydrogen) atoms. The Balaban J connectivity index is 1.40. The lowest BCUT2D eigenvalue weighted by molar-refractivity contribution is -0.145. The summed E-state index contributed by atoms with van der Waals surface area (Å²) in [5, 5.41) is 0.890. The molecule has 4 rings (SSSR count). The van der Waals surface area contributed by atoms with Crippen LogP contribution in [0.1, 0.15) is 49.9 Å². The van der Waals surface area contributed by atoms with Crippen molar-refractivity contribution in [3.05, 3.63) is 58.1 Å². The van der Waals surface area contributed by atoms with Crippen molar-refractivity contribution in [2.24, 2.45) is 0 Å². The van der Waals surface area contributed by atoms with Gasteiger partial charge in [-0.3, -0.25) is 4.79 Å². The molecule has 1 heterocycles. The Morgan fingerprint density at radius 1 is 1.06 bits per heavy atom. The van der Waals surface area contributed by atoms with Crippen LogP contribution in [0.2, 0.25) is 10.0 Å². The van der Waals surface area contributed by atoms with Crippen molar-refractivity contribution in [1.29, 1.82) is 0 Å². The van der Waals surface area contributed by atoms with E-state index in [9.17, 15) is 14.1 Å². The van der Waals surface area contributed by atoms with Gasteiger partial charge in [0.25, 0.3) is 5.91 Å². The molecule has 0 bridgehead atoms. The largest absolute Gasteiger partial charge is 0.611 e. The number of hydrogen-bond acceptors (Lipinski definition) is 5. The minimum absolute atomic E-state index is 0.0480. The second-order valence-corrected chi connectivity index (χ2v) is 11.4. The highest BCUT2D eigenvalue weighted by atomic mass is 35.5. The smallest absolute Gasteiger partial charge is 0.357 e. The van der Waals surface area contributed by atoms with Gasteiger partial charge in [0.15, 0.2) is 4.90 Å². The molecule has 2 aromatic carbocycles. The van der Waals surface area contributed by atoms with Gasteiger partial charge >= 0.3 is 5.97 Å². The second-order valence-electron chi connectivity index (χ2n) is 9.18. The van der Waals surface area contributed by atoms with E-state index in [2.05, 4.69) is 11.8 Å². The molecule has 0 aromatic heterocycles. The number of nitrogens with zero attached hydrogens (tertiary/aromatic N) is 2. The summed E-state index contributed by atoms with van der Waals surface area (Å²) in [4.78, 5) is 29.9. The predicted octanol–water partition coefficient (Wildman–Crippen LogP) is 5.33. The summed E-state index contributed by atoms with van der Waals surface area (Å²) in [5.74, 6) is -0.856. The summed E-state index contributed by atoms with van der Waals surface area (Å²) < 4.78 is 18.1. The van der Waals surface area contributed by atoms with E-state index >= 15 is 0 Å². The number of hydrogen-bond donors (Lipinski definition) is 0. The summed E-state index contributed by atoms with van der Waals surface area (Å²) >= 11 is 10.9. The fourth-order valence-corrected chi connectivity index (χ4v) is 6.40. The van der Waals surface area contributed by atoms with Gasteiger partial charge in [-0.15, -0.1) is 0 Å². The molecule has 9 heteroatoms. The van der Waals surface area contributed by atoms with E-state index in [1.807, 2.05) is 36.1 Å². The van der Waals surface area contributed by atoms with Gasteiger partial charge in [-0.2, -0.15) is 0 Å². The van der Waals surface area contributed by atoms with E-state index in [1.165, 1.54) is 0 Å². The number of carbonyl (C=O) groups is 2. The average Bonchev–Trinajstić information content (AvgIpc) is 3.33. The first-order valence-electron chi connectivity index (χ1n) is 11.9. The molecule has 0 N–H and O–H groups in total. The van der Waals surface area contributed by atoms with E-state index in [0.717, 1.165) is 31.4 Å². The summed E-state index contributed by atoms with van der Waals surface area (Å²) in [6, 6.07) is 12.5. The van der Waals surface area contributed by atoms with Gasteiger partial charge in [0.05, 0.1) is 5.02 Å². The highest BCUT2D eigenvalue weighted by Gasteiger charge is 2.34. The fourth-order valence-electron chi connectivity index (χ4n) is 4.84. The maximum Gasteiger partial charge on any atom is 0.357 e. The zero-order chi connectivity index (χ0) is 25.1. The van der Waals surface area contributed by atoms with E-state index in [0.29, 0.717) is 28.6 Å². The maximum atomic E-state index is 13.3. The number of carbonyl (C=O) groups excluding carboxylic acids is 2. The Hall–Kier alpha value is -1.93. The van der Waals surface area contributed by atoms with Crippen LogP contribution in [0.25, 0.3) is 0 Å². The third-order valence-electron chi connectivity index (χ3n) is 6.94. The van der Waals surface area contributed by atoms with Crippen LogP contribution in [0.15, 0.2) is 47.4 Å². The molecule has 1 saturated heterocycles. The van der Waals surface area contributed by atoms with Gasteiger partial charge in [-0.25, -0.2) is 4.79 Å². The first-order chi connectivity index (χ1) is 16.7. The van der Waals surface area contributed by atoms with Crippen LogP contribution in [0, 0.1) is 0 Å². The molecule has 2 aromatic rings. The highest BCUT2D eigenvalue weighted by Crippen LogP contribution is 2.29. The summed E-state index contributed by atoms with van der Waals surface area (Å²) in [6.07, 6.45) is 3.75. The maximum absolute atomic E-state index is 13.3. The number of anilines is 1. The molecular weight excluding hydrogens is 507 g/mol. The number of amides is 1. The van der Waals surface area contributed by atoms with E-state index in [-0.39, 0.29) is 34.9 Å². The number of halogens is 2. The molecule has 0 radical (unpaired) electrons. The molecule has 1 amide bonds. The predicted molar refractivity (Wildman–Crippen MR) is 140 cm³/mol. The SMILES string of the molecule is C[C@H]1[C@H](C)N(c2cccc(Cl)c2)CCN1C(=O)c1ccc([S+]([O-])CC(=O)OC2CCCC2)c(Cl)c1. The van der Waals surface area contributed by atoms with Crippen LogP contribution in [0.3, 0.4) is 0 Å². The van der Waals surface area contributed by atoms with E-state index < -0.39 is 17.1 Å². The van der Waals surface area contributed by atoms with Gasteiger partial charge in [-0.05, 0) is 87.1 Å². The highest BCUT2D eigenvalue weighted by molar-refractivity contribution is 7.92. The molecular formula is C26H30Cl2N2O4S. The van der Waals surface area contributed by atoms with Crippen LogP contribution in [-0.2, 0) is 20.7 Å². The third kappa shape index (κ3) is 6.08. The first kappa shape index (κ1) is 26.1. The molecule has 2 aliphatic rings. The van der Waals surface area contributed by atoms with Gasteiger partial charge in [-0.1, -0.05) is 29.3 Å². The first-order valence-corrected chi connectivity index (χ1v) is 14.0. The standard InChI is InChI=1S/C26H30Cl2N2O4S/c1-17-18(2)30(13-12-29(17)21-7-5-6-20(27)15-21)26(32)19-10-11-24(23(28)14-19)35(33)16-25(31)34-22-8-3-4-9-22/h5-7,10-11,14-15,17-18,22H,3-4,8-9,12-13,16H2,1-2H3/t17-,18-,35?/m0/s1. The normalized spacial score (nSPS) is 21.7. The van der Waals surface area contributed by atoms with Crippen molar-refractivity contribution < 1.29 is 18.9 Å². The van der Waals surface area contributed by atoms with Crippen molar-refractivity contribution in [2.75, 3.05) is 23.7 Å². The Bertz CT molecular complexity index is 1080. The number of ether oxygens (including phenoxy) is 1. The van der Waals surface area contributed by atoms with Gasteiger partial charge in [0.2, 0.25) is 5.75 Å². The molecule has 1 aliphatic heterocycles. The average molecular weight is 538 g/mol. The lowest BCUT2D eigenvalue weighted by Crippen LogP contribution is -2.59. The minimum Gasteiger partial charge on any atom is -0.611 e. The third-order valence-corrected chi connectivity index (χ3v) is 8.94. The van der Waals surface area contributed by atoms with E-state index in [4.69, 9.17) is 27.9 Å². The Kier molecular flexibility index (Phi) is 8.53. The number of piperazine rings is 1. The van der Waals surface area contributed by atoms with Crippen molar-refractivity contribution in [1.82, 2.24) is 4.90 Å². The Morgan fingerprint density at radius 2 is 1.80 bits per heavy atom. The van der Waals surface area contributed by atoms with Crippen molar-refractivity contribution in [3.8, 4) is 0 Å². The molecule has 1 unspecified atom stereocenters. The van der Waals surface area contributed by atoms with Gasteiger partial charge in [0, 0.05) is 41.4 Å². The molecule has 2 fully saturated rings. The number of rotatable bonds is 6. The zero-order valence-electron chi connectivity index (χ0n) is 19.9. The summed E-state index contributed by atoms with van der Waals surface area (Å²) in [7, 11) is 0. The van der Waals surface area contributed by atoms with Crippen LogP contribution < -0.4 is 4.90 Å². The topological polar surface area (TPSA) is 72.9 Å². The molecule has 188 valence electrons. The van der Waals surface area contributed by atoms with Crippen LogP contribution >= 0.6 is 23.2 Å². The zero-order valence-corrected chi connectivity index (χ0v) is 22.2. The van der Waals surface area contributed by atoms with Crippen molar-refractivity contribution in [2.45, 2.75) is 62.6 Å². The number of benzene rings is 2. The van der Waals surface area contributed by atoms with Crippen molar-refractivity contribution in [3.63, 3.8) is 0 Å². The number of esters is 1. The van der Waals surface area contributed by atoms with Gasteiger partial charge < -0.3 is 19.1 Å². The van der Waals surface area contributed by atoms with Crippen LogP contribution in [0.5, 0.6) is 0 Å². The van der Waals surface area contributed by atoms with Crippen molar-refractivity contribution >= 4 is 51.9 Å². The Morgan fingerprint density at radius 3 is 2.49 bits per heavy atom. The quantitative estimate of drug-likeness (QED) is 0.368. The monoisotopic (exact) mass is 536 g/mol. The lowest BCUT2D eigenvalue weighted by atomic mass is 10.0. The van der Waals surface area contributed by atoms with Gasteiger partial charge in [0.1, 0.15) is 6.10 Å². The van der Waals surface area contributed by atoms with E-state index in [1.54, 1.807) is 18.2 Å².